The topological polar surface area (TPSA) is 81.6 Å². The molecular weight excluding hydrogens is 316 g/mol. The molecule has 3 atom stereocenters. The van der Waals surface area contributed by atoms with E-state index in [2.05, 4.69) is 10.6 Å². The number of aliphatic hydroxyl groups is 2. The van der Waals surface area contributed by atoms with Crippen molar-refractivity contribution in [2.24, 2.45) is 0 Å². The molecule has 3 unspecified atom stereocenters. The third kappa shape index (κ3) is 6.21. The Morgan fingerprint density at radius 1 is 1.00 bits per heavy atom. The lowest BCUT2D eigenvalue weighted by Crippen LogP contribution is -2.41. The van der Waals surface area contributed by atoms with Gasteiger partial charge in [-0.2, -0.15) is 0 Å². The highest BCUT2D eigenvalue weighted by Gasteiger charge is 2.17. The third-order valence-corrected chi connectivity index (χ3v) is 4.10. The van der Waals surface area contributed by atoms with Gasteiger partial charge < -0.3 is 20.8 Å². The Balaban J connectivity index is 1.94. The first kappa shape index (κ1) is 19.0. The molecule has 2 aromatic rings. The number of hydrogen-bond donors (Lipinski definition) is 4. The average molecular weight is 342 g/mol. The molecule has 2 amide bonds. The normalized spacial score (nSPS) is 14.4. The molecule has 5 nitrogen and oxygen atoms in total. The smallest absolute Gasteiger partial charge is 0.315 e. The quantitative estimate of drug-likeness (QED) is 0.595. The number of benzene rings is 2. The fourth-order valence-electron chi connectivity index (χ4n) is 2.82. The van der Waals surface area contributed by atoms with Gasteiger partial charge in [0.2, 0.25) is 0 Å². The highest BCUT2D eigenvalue weighted by Crippen LogP contribution is 2.20. The molecule has 2 rings (SSSR count). The minimum atomic E-state index is -0.454. The maximum Gasteiger partial charge on any atom is 0.315 e. The second-order valence-corrected chi connectivity index (χ2v) is 6.19. The molecule has 0 spiro atoms. The Kier molecular flexibility index (Phi) is 7.44. The fraction of sp³-hybridized carbons (Fsp3) is 0.350. The van der Waals surface area contributed by atoms with Crippen molar-refractivity contribution in [3.05, 3.63) is 71.8 Å². The van der Waals surface area contributed by atoms with E-state index in [0.29, 0.717) is 13.0 Å². The van der Waals surface area contributed by atoms with Crippen LogP contribution in [0, 0.1) is 0 Å². The Labute approximate surface area is 148 Å². The van der Waals surface area contributed by atoms with Crippen LogP contribution in [-0.2, 0) is 0 Å². The lowest BCUT2D eigenvalue weighted by molar-refractivity contribution is 0.172. The highest BCUT2D eigenvalue weighted by molar-refractivity contribution is 5.74. The summed E-state index contributed by atoms with van der Waals surface area (Å²) in [6, 6.07) is 18.4. The molecule has 0 saturated heterocycles. The zero-order valence-electron chi connectivity index (χ0n) is 14.4. The molecule has 0 fully saturated rings. The van der Waals surface area contributed by atoms with Crippen LogP contribution in [-0.4, -0.2) is 35.5 Å². The van der Waals surface area contributed by atoms with Crippen LogP contribution >= 0.6 is 0 Å². The van der Waals surface area contributed by atoms with Gasteiger partial charge in [-0.3, -0.25) is 0 Å². The molecule has 0 heterocycles. The van der Waals surface area contributed by atoms with E-state index in [9.17, 15) is 15.0 Å². The molecule has 0 saturated carbocycles. The van der Waals surface area contributed by atoms with Gasteiger partial charge in [0.15, 0.2) is 0 Å². The second-order valence-electron chi connectivity index (χ2n) is 6.19. The summed E-state index contributed by atoms with van der Waals surface area (Å²) in [6.45, 7) is 1.98. The van der Waals surface area contributed by atoms with E-state index >= 15 is 0 Å². The summed E-state index contributed by atoms with van der Waals surface area (Å²) in [6.07, 6.45) is 0.108. The predicted octanol–water partition coefficient (Wildman–Crippen LogP) is 2.57. The number of nitrogens with one attached hydrogen (secondary N) is 2. The van der Waals surface area contributed by atoms with E-state index < -0.39 is 12.1 Å². The monoisotopic (exact) mass is 342 g/mol. The van der Waals surface area contributed by atoms with E-state index in [1.54, 1.807) is 6.92 Å². The summed E-state index contributed by atoms with van der Waals surface area (Å²) in [4.78, 5) is 12.2. The first-order valence-electron chi connectivity index (χ1n) is 8.53. The van der Waals surface area contributed by atoms with Crippen molar-refractivity contribution in [1.82, 2.24) is 10.6 Å². The fourth-order valence-corrected chi connectivity index (χ4v) is 2.82. The summed E-state index contributed by atoms with van der Waals surface area (Å²) in [5.41, 5.74) is 1.93. The molecule has 0 aliphatic rings. The lowest BCUT2D eigenvalue weighted by Gasteiger charge is -2.21. The first-order valence-corrected chi connectivity index (χ1v) is 8.53. The zero-order valence-corrected chi connectivity index (χ0v) is 14.4. The van der Waals surface area contributed by atoms with Gasteiger partial charge in [-0.25, -0.2) is 4.79 Å². The average Bonchev–Trinajstić information content (AvgIpc) is 2.64. The van der Waals surface area contributed by atoms with Crippen molar-refractivity contribution >= 4 is 6.03 Å². The summed E-state index contributed by atoms with van der Waals surface area (Å²) in [5.74, 6) is 0.0243. The number of carbonyl (C=O) groups is 1. The van der Waals surface area contributed by atoms with Crippen molar-refractivity contribution in [2.75, 3.05) is 13.2 Å². The molecule has 0 aliphatic heterocycles. The van der Waals surface area contributed by atoms with Crippen LogP contribution in [0.4, 0.5) is 4.79 Å². The molecule has 134 valence electrons. The summed E-state index contributed by atoms with van der Waals surface area (Å²) in [7, 11) is 0. The minimum absolute atomic E-state index is 0.0243. The van der Waals surface area contributed by atoms with Crippen LogP contribution in [0.3, 0.4) is 0 Å². The van der Waals surface area contributed by atoms with Gasteiger partial charge in [-0.05, 0) is 24.5 Å². The van der Waals surface area contributed by atoms with Crippen LogP contribution in [0.2, 0.25) is 0 Å². The molecule has 0 radical (unpaired) electrons. The summed E-state index contributed by atoms with van der Waals surface area (Å²) >= 11 is 0. The maximum atomic E-state index is 12.2. The van der Waals surface area contributed by atoms with E-state index in [1.807, 2.05) is 60.7 Å². The van der Waals surface area contributed by atoms with Gasteiger partial charge in [0, 0.05) is 12.5 Å². The number of carbonyl (C=O) groups excluding carboxylic acids is 1. The molecule has 5 heteroatoms. The zero-order chi connectivity index (χ0) is 18.1. The Hall–Kier alpha value is -2.37. The van der Waals surface area contributed by atoms with Crippen LogP contribution in [0.25, 0.3) is 0 Å². The van der Waals surface area contributed by atoms with E-state index in [1.165, 1.54) is 0 Å². The van der Waals surface area contributed by atoms with Crippen molar-refractivity contribution in [3.8, 4) is 0 Å². The molecule has 0 aromatic heterocycles. The molecule has 4 N–H and O–H groups in total. The number of amides is 2. The number of urea groups is 1. The summed E-state index contributed by atoms with van der Waals surface area (Å²) < 4.78 is 0. The second kappa shape index (κ2) is 9.81. The molecular formula is C20H26N2O3. The highest BCUT2D eigenvalue weighted by atomic mass is 16.3. The van der Waals surface area contributed by atoms with Crippen LogP contribution in [0.15, 0.2) is 60.7 Å². The maximum absolute atomic E-state index is 12.2. The van der Waals surface area contributed by atoms with Crippen molar-refractivity contribution < 1.29 is 15.0 Å². The largest absolute Gasteiger partial charge is 0.394 e. The van der Waals surface area contributed by atoms with Gasteiger partial charge >= 0.3 is 6.03 Å². The Morgan fingerprint density at radius 2 is 1.56 bits per heavy atom. The molecule has 0 bridgehead atoms. The lowest BCUT2D eigenvalue weighted by atomic mass is 9.93. The molecule has 2 aromatic carbocycles. The Bertz CT molecular complexity index is 632. The van der Waals surface area contributed by atoms with Gasteiger partial charge in [-0.1, -0.05) is 60.7 Å². The van der Waals surface area contributed by atoms with Gasteiger partial charge in [0.1, 0.15) is 0 Å². The van der Waals surface area contributed by atoms with E-state index in [0.717, 1.165) is 11.1 Å². The van der Waals surface area contributed by atoms with Crippen LogP contribution in [0.5, 0.6) is 0 Å². The van der Waals surface area contributed by atoms with Gasteiger partial charge in [-0.15, -0.1) is 0 Å². The third-order valence-electron chi connectivity index (χ3n) is 4.10. The van der Waals surface area contributed by atoms with Crippen LogP contribution < -0.4 is 10.6 Å². The number of aliphatic hydroxyl groups excluding tert-OH is 2. The molecule has 25 heavy (non-hydrogen) atoms. The number of hydrogen-bond acceptors (Lipinski definition) is 3. The van der Waals surface area contributed by atoms with Crippen LogP contribution in [0.1, 0.15) is 36.4 Å². The van der Waals surface area contributed by atoms with Crippen molar-refractivity contribution in [2.45, 2.75) is 31.4 Å². The van der Waals surface area contributed by atoms with Gasteiger partial charge in [0.25, 0.3) is 0 Å². The Morgan fingerprint density at radius 3 is 2.08 bits per heavy atom. The predicted molar refractivity (Wildman–Crippen MR) is 98.3 cm³/mol. The SMILES string of the molecule is CC(O)CC(CNC(=O)NC(CO)c1ccccc1)c1ccccc1. The van der Waals surface area contributed by atoms with Gasteiger partial charge in [0.05, 0.1) is 18.8 Å². The van der Waals surface area contributed by atoms with E-state index in [-0.39, 0.29) is 18.6 Å². The number of rotatable bonds is 8. The van der Waals surface area contributed by atoms with Crippen molar-refractivity contribution in [3.63, 3.8) is 0 Å². The summed E-state index contributed by atoms with van der Waals surface area (Å²) in [5, 5.41) is 24.9. The van der Waals surface area contributed by atoms with E-state index in [4.69, 9.17) is 0 Å². The minimum Gasteiger partial charge on any atom is -0.394 e. The molecule has 0 aliphatic carbocycles. The van der Waals surface area contributed by atoms with Crippen molar-refractivity contribution in [1.29, 1.82) is 0 Å². The first-order chi connectivity index (χ1) is 12.1. The standard InChI is InChI=1S/C20H26N2O3/c1-15(24)12-18(16-8-4-2-5-9-16)13-21-20(25)22-19(14-23)17-10-6-3-7-11-17/h2-11,15,18-19,23-24H,12-14H2,1H3,(H2,21,22,25).